The molecule has 0 aliphatic carbocycles. The van der Waals surface area contributed by atoms with Crippen molar-refractivity contribution >= 4 is 5.91 Å². The highest BCUT2D eigenvalue weighted by Gasteiger charge is 2.49. The Balaban J connectivity index is 1.99. The Kier molecular flexibility index (Phi) is 5.42. The third-order valence-corrected chi connectivity index (χ3v) is 4.26. The van der Waals surface area contributed by atoms with E-state index in [1.807, 2.05) is 18.2 Å². The van der Waals surface area contributed by atoms with Crippen LogP contribution in [0.4, 0.5) is 13.2 Å². The third kappa shape index (κ3) is 4.41. The van der Waals surface area contributed by atoms with Gasteiger partial charge in [0.1, 0.15) is 11.8 Å². The van der Waals surface area contributed by atoms with Crippen molar-refractivity contribution in [2.24, 2.45) is 5.41 Å². The van der Waals surface area contributed by atoms with Gasteiger partial charge in [0.05, 0.1) is 12.5 Å². The number of halogens is 3. The van der Waals surface area contributed by atoms with Crippen LogP contribution in [0.2, 0.25) is 0 Å². The lowest BCUT2D eigenvalue weighted by Crippen LogP contribution is -2.50. The lowest BCUT2D eigenvalue weighted by Gasteiger charge is -2.29. The van der Waals surface area contributed by atoms with Crippen LogP contribution in [-0.4, -0.2) is 36.8 Å². The van der Waals surface area contributed by atoms with E-state index >= 15 is 0 Å². The molecular weight excluding hydrogens is 321 g/mol. The van der Waals surface area contributed by atoms with Crippen molar-refractivity contribution in [3.8, 4) is 5.75 Å². The maximum Gasteiger partial charge on any atom is 0.405 e. The second kappa shape index (κ2) is 7.01. The molecule has 2 rings (SSSR count). The molecule has 7 heteroatoms. The van der Waals surface area contributed by atoms with Crippen LogP contribution >= 0.6 is 0 Å². The number of ether oxygens (including phenoxy) is 1. The minimum absolute atomic E-state index is 0.0508. The Bertz CT molecular complexity index is 587. The summed E-state index contributed by atoms with van der Waals surface area (Å²) in [5.74, 6) is 0.318. The molecule has 0 saturated carbocycles. The maximum atomic E-state index is 13.4. The van der Waals surface area contributed by atoms with Gasteiger partial charge in [0.25, 0.3) is 0 Å². The number of carbonyl (C=O) groups excluding carboxylic acids is 1. The molecule has 134 valence electrons. The molecule has 0 spiro atoms. The molecule has 0 unspecified atom stereocenters. The summed E-state index contributed by atoms with van der Waals surface area (Å²) in [7, 11) is 1.55. The fourth-order valence-electron chi connectivity index (χ4n) is 2.83. The van der Waals surface area contributed by atoms with Gasteiger partial charge in [-0.3, -0.25) is 10.2 Å². The van der Waals surface area contributed by atoms with E-state index in [2.05, 4.69) is 5.43 Å². The van der Waals surface area contributed by atoms with Crippen LogP contribution in [0.3, 0.4) is 0 Å². The van der Waals surface area contributed by atoms with Gasteiger partial charge in [-0.25, -0.2) is 5.01 Å². The molecular formula is C17H23F3N2O2. The molecule has 0 radical (unpaired) electrons. The zero-order valence-corrected chi connectivity index (χ0v) is 14.1. The summed E-state index contributed by atoms with van der Waals surface area (Å²) in [6.07, 6.45) is -3.57. The number of amides is 1. The second-order valence-corrected chi connectivity index (χ2v) is 6.75. The molecule has 1 atom stereocenters. The Morgan fingerprint density at radius 1 is 1.38 bits per heavy atom. The molecule has 0 aromatic heterocycles. The normalized spacial score (nSPS) is 19.2. The molecule has 1 aliphatic rings. The second-order valence-electron chi connectivity index (χ2n) is 6.75. The van der Waals surface area contributed by atoms with E-state index < -0.39 is 17.6 Å². The molecule has 1 aliphatic heterocycles. The Hall–Kier alpha value is -1.76. The standard InChI is InChI=1S/C17H23F3N2O2/c1-16(2)11-22(21-15(16)23)14(17(18,19)20)9-5-7-12-6-4-8-13(10-12)24-3/h4,6,8,10,14H,5,7,9,11H2,1-3H3,(H,21,23)/t14-/m0/s1. The molecule has 1 heterocycles. The molecule has 1 saturated heterocycles. The number of nitrogens with one attached hydrogen (secondary N) is 1. The smallest absolute Gasteiger partial charge is 0.405 e. The van der Waals surface area contributed by atoms with Gasteiger partial charge in [0.15, 0.2) is 0 Å². The van der Waals surface area contributed by atoms with E-state index in [1.54, 1.807) is 27.0 Å². The van der Waals surface area contributed by atoms with Crippen LogP contribution in [-0.2, 0) is 11.2 Å². The van der Waals surface area contributed by atoms with Crippen LogP contribution in [0, 0.1) is 5.41 Å². The fraction of sp³-hybridized carbons (Fsp3) is 0.588. The molecule has 1 aromatic carbocycles. The molecule has 1 aromatic rings. The highest BCUT2D eigenvalue weighted by atomic mass is 19.4. The maximum absolute atomic E-state index is 13.4. The van der Waals surface area contributed by atoms with Crippen LogP contribution in [0.1, 0.15) is 32.3 Å². The van der Waals surface area contributed by atoms with Gasteiger partial charge < -0.3 is 4.74 Å². The van der Waals surface area contributed by atoms with Gasteiger partial charge in [-0.2, -0.15) is 13.2 Å². The summed E-state index contributed by atoms with van der Waals surface area (Å²) >= 11 is 0. The average molecular weight is 344 g/mol. The summed E-state index contributed by atoms with van der Waals surface area (Å²) in [5, 5.41) is 1.04. The van der Waals surface area contributed by atoms with Crippen LogP contribution in [0.25, 0.3) is 0 Å². The molecule has 0 bridgehead atoms. The lowest BCUT2D eigenvalue weighted by atomic mass is 9.94. The minimum Gasteiger partial charge on any atom is -0.497 e. The first-order chi connectivity index (χ1) is 11.1. The van der Waals surface area contributed by atoms with E-state index in [-0.39, 0.29) is 18.9 Å². The Morgan fingerprint density at radius 3 is 2.62 bits per heavy atom. The number of nitrogens with zero attached hydrogens (tertiary/aromatic N) is 1. The SMILES string of the molecule is COc1cccc(CCC[C@H](N2CC(C)(C)C(=O)N2)C(F)(F)F)c1. The number of carbonyl (C=O) groups is 1. The van der Waals surface area contributed by atoms with E-state index in [9.17, 15) is 18.0 Å². The van der Waals surface area contributed by atoms with Crippen molar-refractivity contribution in [1.82, 2.24) is 10.4 Å². The van der Waals surface area contributed by atoms with Crippen molar-refractivity contribution in [3.05, 3.63) is 29.8 Å². The number of rotatable bonds is 6. The molecule has 1 amide bonds. The summed E-state index contributed by atoms with van der Waals surface area (Å²) in [4.78, 5) is 11.8. The quantitative estimate of drug-likeness (QED) is 0.861. The Labute approximate surface area is 139 Å². The summed E-state index contributed by atoms with van der Waals surface area (Å²) in [5.41, 5.74) is 2.49. The zero-order valence-electron chi connectivity index (χ0n) is 14.1. The topological polar surface area (TPSA) is 41.6 Å². The van der Waals surface area contributed by atoms with Gasteiger partial charge in [0, 0.05) is 6.54 Å². The number of hydrogen-bond acceptors (Lipinski definition) is 3. The summed E-state index contributed by atoms with van der Waals surface area (Å²) in [6.45, 7) is 3.34. The average Bonchev–Trinajstić information content (AvgIpc) is 2.75. The van der Waals surface area contributed by atoms with Gasteiger partial charge in [-0.05, 0) is 50.8 Å². The first kappa shape index (κ1) is 18.6. The predicted molar refractivity (Wildman–Crippen MR) is 84.4 cm³/mol. The molecule has 1 fully saturated rings. The van der Waals surface area contributed by atoms with Crippen LogP contribution < -0.4 is 10.2 Å². The van der Waals surface area contributed by atoms with Crippen molar-refractivity contribution in [1.29, 1.82) is 0 Å². The van der Waals surface area contributed by atoms with E-state index in [4.69, 9.17) is 4.74 Å². The molecule has 24 heavy (non-hydrogen) atoms. The first-order valence-corrected chi connectivity index (χ1v) is 7.91. The minimum atomic E-state index is -4.39. The van der Waals surface area contributed by atoms with Crippen LogP contribution in [0.5, 0.6) is 5.75 Å². The number of methoxy groups -OCH3 is 1. The largest absolute Gasteiger partial charge is 0.497 e. The van der Waals surface area contributed by atoms with Crippen molar-refractivity contribution < 1.29 is 22.7 Å². The highest BCUT2D eigenvalue weighted by molar-refractivity contribution is 5.83. The van der Waals surface area contributed by atoms with E-state index in [1.165, 1.54) is 0 Å². The summed E-state index contributed by atoms with van der Waals surface area (Å²) in [6, 6.07) is 5.63. The zero-order chi connectivity index (χ0) is 18.0. The highest BCUT2D eigenvalue weighted by Crippen LogP contribution is 2.33. The molecule has 1 N–H and O–H groups in total. The monoisotopic (exact) mass is 344 g/mol. The van der Waals surface area contributed by atoms with Gasteiger partial charge in [-0.15, -0.1) is 0 Å². The lowest BCUT2D eigenvalue weighted by molar-refractivity contribution is -0.190. The van der Waals surface area contributed by atoms with Crippen molar-refractivity contribution in [2.75, 3.05) is 13.7 Å². The first-order valence-electron chi connectivity index (χ1n) is 7.91. The summed E-state index contributed by atoms with van der Waals surface area (Å²) < 4.78 is 45.3. The van der Waals surface area contributed by atoms with E-state index in [0.717, 1.165) is 10.6 Å². The van der Waals surface area contributed by atoms with Crippen LogP contribution in [0.15, 0.2) is 24.3 Å². The number of hydrogen-bond donors (Lipinski definition) is 1. The van der Waals surface area contributed by atoms with E-state index in [0.29, 0.717) is 18.6 Å². The van der Waals surface area contributed by atoms with Gasteiger partial charge in [-0.1, -0.05) is 12.1 Å². The van der Waals surface area contributed by atoms with Crippen molar-refractivity contribution in [3.63, 3.8) is 0 Å². The van der Waals surface area contributed by atoms with Gasteiger partial charge in [0.2, 0.25) is 5.91 Å². The number of alkyl halides is 3. The Morgan fingerprint density at radius 2 is 2.08 bits per heavy atom. The molecule has 4 nitrogen and oxygen atoms in total. The fourth-order valence-corrected chi connectivity index (χ4v) is 2.83. The number of aryl methyl sites for hydroxylation is 1. The third-order valence-electron chi connectivity index (χ3n) is 4.26. The van der Waals surface area contributed by atoms with Crippen molar-refractivity contribution in [2.45, 2.75) is 45.3 Å². The van der Waals surface area contributed by atoms with Gasteiger partial charge >= 0.3 is 6.18 Å². The number of benzene rings is 1. The number of hydrazine groups is 1. The predicted octanol–water partition coefficient (Wildman–Crippen LogP) is 3.32.